The summed E-state index contributed by atoms with van der Waals surface area (Å²) in [6.45, 7) is 4.08. The fourth-order valence-electron chi connectivity index (χ4n) is 3.73. The fraction of sp³-hybridized carbons (Fsp3) is 0.647. The number of piperidine rings is 1. The zero-order valence-corrected chi connectivity index (χ0v) is 13.1. The van der Waals surface area contributed by atoms with E-state index in [4.69, 9.17) is 9.47 Å². The first kappa shape index (κ1) is 14.8. The van der Waals surface area contributed by atoms with Gasteiger partial charge >= 0.3 is 0 Å². The van der Waals surface area contributed by atoms with Crippen LogP contribution in [0.3, 0.4) is 0 Å². The first-order chi connectivity index (χ1) is 10.1. The number of hydrogen-bond donors (Lipinski definition) is 1. The molecule has 1 aliphatic heterocycles. The Morgan fingerprint density at radius 2 is 2.14 bits per heavy atom. The lowest BCUT2D eigenvalue weighted by Gasteiger charge is -2.43. The lowest BCUT2D eigenvalue weighted by Crippen LogP contribution is -2.52. The van der Waals surface area contributed by atoms with Gasteiger partial charge in [0.2, 0.25) is 0 Å². The molecule has 1 aromatic carbocycles. The molecule has 0 radical (unpaired) electrons. The minimum atomic E-state index is -0.436. The summed E-state index contributed by atoms with van der Waals surface area (Å²) in [6.07, 6.45) is 2.67. The monoisotopic (exact) mass is 291 g/mol. The van der Waals surface area contributed by atoms with Crippen LogP contribution in [0.5, 0.6) is 5.75 Å². The Bertz CT molecular complexity index is 519. The van der Waals surface area contributed by atoms with Gasteiger partial charge in [0.25, 0.3) is 0 Å². The van der Waals surface area contributed by atoms with E-state index >= 15 is 0 Å². The second-order valence-corrected chi connectivity index (χ2v) is 6.51. The third-order valence-electron chi connectivity index (χ3n) is 5.12. The van der Waals surface area contributed by atoms with Crippen molar-refractivity contribution in [3.63, 3.8) is 0 Å². The summed E-state index contributed by atoms with van der Waals surface area (Å²) in [7, 11) is 3.45. The largest absolute Gasteiger partial charge is 0.497 e. The molecule has 2 aliphatic rings. The van der Waals surface area contributed by atoms with Crippen LogP contribution in [0.25, 0.3) is 0 Å². The van der Waals surface area contributed by atoms with E-state index in [-0.39, 0.29) is 11.6 Å². The van der Waals surface area contributed by atoms with Crippen LogP contribution >= 0.6 is 0 Å². The Morgan fingerprint density at radius 1 is 1.33 bits per heavy atom. The quantitative estimate of drug-likeness (QED) is 0.926. The van der Waals surface area contributed by atoms with E-state index in [2.05, 4.69) is 17.9 Å². The lowest BCUT2D eigenvalue weighted by molar-refractivity contribution is -0.0741. The van der Waals surface area contributed by atoms with Gasteiger partial charge in [-0.25, -0.2) is 0 Å². The summed E-state index contributed by atoms with van der Waals surface area (Å²) in [5, 5.41) is 10.7. The van der Waals surface area contributed by atoms with Gasteiger partial charge in [-0.3, -0.25) is 4.90 Å². The second-order valence-electron chi connectivity index (χ2n) is 6.51. The van der Waals surface area contributed by atoms with Crippen molar-refractivity contribution in [3.05, 3.63) is 29.3 Å². The molecule has 1 aliphatic carbocycles. The topological polar surface area (TPSA) is 41.9 Å². The van der Waals surface area contributed by atoms with Gasteiger partial charge in [0.15, 0.2) is 0 Å². The number of rotatable bonds is 3. The average molecular weight is 291 g/mol. The van der Waals surface area contributed by atoms with Gasteiger partial charge in [-0.15, -0.1) is 0 Å². The van der Waals surface area contributed by atoms with Gasteiger partial charge in [-0.05, 0) is 56.0 Å². The molecule has 0 saturated carbocycles. The minimum absolute atomic E-state index is 0.0928. The van der Waals surface area contributed by atoms with Gasteiger partial charge in [0.1, 0.15) is 5.75 Å². The third kappa shape index (κ3) is 2.68. The number of aliphatic hydroxyl groups excluding tert-OH is 1. The molecule has 1 aromatic rings. The molecular formula is C17H25NO3. The highest BCUT2D eigenvalue weighted by Gasteiger charge is 2.40. The van der Waals surface area contributed by atoms with E-state index in [9.17, 15) is 5.11 Å². The highest BCUT2D eigenvalue weighted by molar-refractivity contribution is 5.41. The highest BCUT2D eigenvalue weighted by Crippen LogP contribution is 2.38. The molecule has 3 rings (SSSR count). The second kappa shape index (κ2) is 5.59. The van der Waals surface area contributed by atoms with Crippen LogP contribution in [0.2, 0.25) is 0 Å². The zero-order valence-electron chi connectivity index (χ0n) is 13.1. The standard InChI is InChI=1S/C17H25NO3/c1-17(21-3)7-4-8-18(11-17)15-9-12-5-6-13(20-2)10-14(12)16(15)19/h5-6,10,15-16,19H,4,7-9,11H2,1-3H3. The van der Waals surface area contributed by atoms with Gasteiger partial charge in [0.05, 0.1) is 18.8 Å². The van der Waals surface area contributed by atoms with E-state index in [1.165, 1.54) is 5.56 Å². The number of benzene rings is 1. The molecule has 0 spiro atoms. The number of hydrogen-bond acceptors (Lipinski definition) is 4. The van der Waals surface area contributed by atoms with E-state index in [1.54, 1.807) is 14.2 Å². The Hall–Kier alpha value is -1.10. The molecule has 0 amide bonds. The van der Waals surface area contributed by atoms with Crippen LogP contribution < -0.4 is 4.74 Å². The van der Waals surface area contributed by atoms with E-state index in [0.29, 0.717) is 0 Å². The molecule has 1 heterocycles. The molecule has 4 nitrogen and oxygen atoms in total. The van der Waals surface area contributed by atoms with Crippen molar-refractivity contribution in [3.8, 4) is 5.75 Å². The molecule has 4 heteroatoms. The molecular weight excluding hydrogens is 266 g/mol. The number of methoxy groups -OCH3 is 2. The first-order valence-electron chi connectivity index (χ1n) is 7.70. The predicted octanol–water partition coefficient (Wildman–Crippen LogP) is 2.15. The van der Waals surface area contributed by atoms with Crippen LogP contribution in [0.15, 0.2) is 18.2 Å². The maximum atomic E-state index is 10.7. The summed E-state index contributed by atoms with van der Waals surface area (Å²) < 4.78 is 10.9. The molecule has 3 unspecified atom stereocenters. The first-order valence-corrected chi connectivity index (χ1v) is 7.70. The number of aliphatic hydroxyl groups is 1. The molecule has 116 valence electrons. The summed E-state index contributed by atoms with van der Waals surface area (Å²) in [5.41, 5.74) is 2.16. The number of fused-ring (bicyclic) bond motifs is 1. The van der Waals surface area contributed by atoms with Crippen LogP contribution in [-0.2, 0) is 11.2 Å². The predicted molar refractivity (Wildman–Crippen MR) is 81.7 cm³/mol. The molecule has 1 saturated heterocycles. The zero-order chi connectivity index (χ0) is 15.0. The molecule has 3 atom stereocenters. The van der Waals surface area contributed by atoms with E-state index in [0.717, 1.165) is 43.7 Å². The van der Waals surface area contributed by atoms with Crippen LogP contribution in [0.4, 0.5) is 0 Å². The van der Waals surface area contributed by atoms with Crippen LogP contribution in [-0.4, -0.2) is 49.0 Å². The number of nitrogens with zero attached hydrogens (tertiary/aromatic N) is 1. The van der Waals surface area contributed by atoms with Crippen molar-refractivity contribution in [2.75, 3.05) is 27.3 Å². The van der Waals surface area contributed by atoms with E-state index < -0.39 is 6.10 Å². The maximum absolute atomic E-state index is 10.7. The maximum Gasteiger partial charge on any atom is 0.119 e. The number of ether oxygens (including phenoxy) is 2. The normalized spacial score (nSPS) is 33.0. The molecule has 1 fully saturated rings. The third-order valence-corrected chi connectivity index (χ3v) is 5.12. The van der Waals surface area contributed by atoms with Crippen LogP contribution in [0.1, 0.15) is 37.0 Å². The Morgan fingerprint density at radius 3 is 2.86 bits per heavy atom. The van der Waals surface area contributed by atoms with Crippen molar-refractivity contribution >= 4 is 0 Å². The lowest BCUT2D eigenvalue weighted by atomic mass is 9.92. The van der Waals surface area contributed by atoms with Crippen molar-refractivity contribution in [1.29, 1.82) is 0 Å². The Labute approximate surface area is 126 Å². The molecule has 0 bridgehead atoms. The van der Waals surface area contributed by atoms with Crippen LogP contribution in [0, 0.1) is 0 Å². The summed E-state index contributed by atoms with van der Waals surface area (Å²) in [5.74, 6) is 0.814. The van der Waals surface area contributed by atoms with Gasteiger partial charge in [-0.1, -0.05) is 6.07 Å². The summed E-state index contributed by atoms with van der Waals surface area (Å²) in [4.78, 5) is 2.39. The van der Waals surface area contributed by atoms with Crippen molar-refractivity contribution < 1.29 is 14.6 Å². The fourth-order valence-corrected chi connectivity index (χ4v) is 3.73. The molecule has 0 aromatic heterocycles. The Kier molecular flexibility index (Phi) is 3.95. The van der Waals surface area contributed by atoms with Gasteiger partial charge < -0.3 is 14.6 Å². The Balaban J connectivity index is 1.79. The van der Waals surface area contributed by atoms with Crippen molar-refractivity contribution in [2.45, 2.75) is 43.9 Å². The highest BCUT2D eigenvalue weighted by atomic mass is 16.5. The smallest absolute Gasteiger partial charge is 0.119 e. The molecule has 1 N–H and O–H groups in total. The molecule has 21 heavy (non-hydrogen) atoms. The average Bonchev–Trinajstić information content (AvgIpc) is 2.84. The number of likely N-dealkylation sites (tertiary alicyclic amines) is 1. The SMILES string of the molecule is COc1ccc2c(c1)C(O)C(N1CCCC(C)(OC)C1)C2. The summed E-state index contributed by atoms with van der Waals surface area (Å²) >= 11 is 0. The van der Waals surface area contributed by atoms with E-state index in [1.807, 2.05) is 12.1 Å². The van der Waals surface area contributed by atoms with Crippen molar-refractivity contribution in [1.82, 2.24) is 4.90 Å². The van der Waals surface area contributed by atoms with Gasteiger partial charge in [0, 0.05) is 19.7 Å². The van der Waals surface area contributed by atoms with Crippen molar-refractivity contribution in [2.24, 2.45) is 0 Å². The van der Waals surface area contributed by atoms with Gasteiger partial charge in [-0.2, -0.15) is 0 Å². The minimum Gasteiger partial charge on any atom is -0.497 e. The summed E-state index contributed by atoms with van der Waals surface area (Å²) in [6, 6.07) is 6.18.